The second-order valence-corrected chi connectivity index (χ2v) is 8.44. The molecule has 1 aromatic carbocycles. The monoisotopic (exact) mass is 405 g/mol. The molecule has 158 valence electrons. The second-order valence-electron chi connectivity index (χ2n) is 8.44. The number of carboxylic acids is 1. The summed E-state index contributed by atoms with van der Waals surface area (Å²) >= 11 is 0. The van der Waals surface area contributed by atoms with Crippen LogP contribution in [-0.2, 0) is 25.9 Å². The van der Waals surface area contributed by atoms with E-state index in [4.69, 9.17) is 9.68 Å². The smallest absolute Gasteiger partial charge is 0.345 e. The highest BCUT2D eigenvalue weighted by atomic mass is 16.7. The summed E-state index contributed by atoms with van der Waals surface area (Å²) in [6, 6.07) is 8.32. The lowest BCUT2D eigenvalue weighted by atomic mass is 9.89. The van der Waals surface area contributed by atoms with Crippen molar-refractivity contribution >= 4 is 17.9 Å². The normalized spacial score (nSPS) is 22.5. The van der Waals surface area contributed by atoms with Gasteiger partial charge in [0.25, 0.3) is 5.91 Å². The summed E-state index contributed by atoms with van der Waals surface area (Å²) in [5, 5.41) is 10.6. The fraction of sp³-hybridized carbons (Fsp3) is 0.550. The molecule has 2 aliphatic rings. The average Bonchev–Trinajstić information content (AvgIpc) is 2.90. The standard InChI is InChI=1S/C20H27N3O6/c1-20(2,3)16(18(25)26)29-21-17(24)15-10-9-14-11-22(15)19(27)23(14)28-12-13-7-5-4-6-8-13/h4-8,14-16H,9-12H2,1-3H3,(H,21,24)(H,25,26)/t14-,15+,16?/m1/s1. The Morgan fingerprint density at radius 2 is 1.93 bits per heavy atom. The molecule has 0 radical (unpaired) electrons. The van der Waals surface area contributed by atoms with Crippen molar-refractivity contribution in [2.45, 2.75) is 58.4 Å². The third-order valence-corrected chi connectivity index (χ3v) is 5.13. The van der Waals surface area contributed by atoms with Crippen LogP contribution >= 0.6 is 0 Å². The quantitative estimate of drug-likeness (QED) is 0.671. The predicted octanol–water partition coefficient (Wildman–Crippen LogP) is 1.93. The first-order valence-corrected chi connectivity index (χ1v) is 9.63. The molecule has 0 saturated carbocycles. The number of carbonyl (C=O) groups excluding carboxylic acids is 2. The maximum absolute atomic E-state index is 12.7. The van der Waals surface area contributed by atoms with Crippen molar-refractivity contribution < 1.29 is 29.2 Å². The minimum absolute atomic E-state index is 0.113. The van der Waals surface area contributed by atoms with Gasteiger partial charge in [-0.3, -0.25) is 14.5 Å². The number of urea groups is 1. The highest BCUT2D eigenvalue weighted by Crippen LogP contribution is 2.31. The predicted molar refractivity (Wildman–Crippen MR) is 102 cm³/mol. The summed E-state index contributed by atoms with van der Waals surface area (Å²) in [6.45, 7) is 5.76. The van der Waals surface area contributed by atoms with E-state index in [1.165, 1.54) is 9.96 Å². The summed E-state index contributed by atoms with van der Waals surface area (Å²) in [5.74, 6) is -1.70. The molecule has 2 fully saturated rings. The van der Waals surface area contributed by atoms with Gasteiger partial charge >= 0.3 is 12.0 Å². The maximum atomic E-state index is 12.7. The van der Waals surface area contributed by atoms with Crippen molar-refractivity contribution in [3.05, 3.63) is 35.9 Å². The number of hydroxylamine groups is 3. The minimum atomic E-state index is -1.21. The van der Waals surface area contributed by atoms with Gasteiger partial charge in [-0.25, -0.2) is 15.1 Å². The fourth-order valence-corrected chi connectivity index (χ4v) is 3.57. The van der Waals surface area contributed by atoms with Crippen LogP contribution in [0.2, 0.25) is 0 Å². The molecule has 0 aliphatic carbocycles. The van der Waals surface area contributed by atoms with E-state index in [-0.39, 0.29) is 18.7 Å². The number of carboxylic acid groups (broad SMARTS) is 1. The van der Waals surface area contributed by atoms with Gasteiger partial charge in [0.2, 0.25) is 0 Å². The number of aliphatic carboxylic acids is 1. The number of rotatable bonds is 7. The molecular formula is C20H27N3O6. The Morgan fingerprint density at radius 3 is 2.55 bits per heavy atom. The van der Waals surface area contributed by atoms with Gasteiger partial charge in [-0.1, -0.05) is 51.1 Å². The van der Waals surface area contributed by atoms with Gasteiger partial charge in [-0.2, -0.15) is 5.06 Å². The van der Waals surface area contributed by atoms with Gasteiger partial charge in [0, 0.05) is 12.0 Å². The van der Waals surface area contributed by atoms with E-state index in [2.05, 4.69) is 5.48 Å². The highest BCUT2D eigenvalue weighted by Gasteiger charge is 2.48. The molecule has 2 aliphatic heterocycles. The Morgan fingerprint density at radius 1 is 1.24 bits per heavy atom. The van der Waals surface area contributed by atoms with E-state index in [0.29, 0.717) is 19.4 Å². The molecule has 2 bridgehead atoms. The Bertz CT molecular complexity index is 763. The largest absolute Gasteiger partial charge is 0.479 e. The Labute approximate surface area is 169 Å². The number of nitrogens with one attached hydrogen (secondary N) is 1. The summed E-state index contributed by atoms with van der Waals surface area (Å²) in [4.78, 5) is 49.1. The molecule has 3 rings (SSSR count). The Balaban J connectivity index is 1.58. The van der Waals surface area contributed by atoms with Crippen LogP contribution in [0.5, 0.6) is 0 Å². The van der Waals surface area contributed by atoms with E-state index in [9.17, 15) is 19.5 Å². The molecule has 3 atom stereocenters. The van der Waals surface area contributed by atoms with Crippen LogP contribution in [0.4, 0.5) is 4.79 Å². The first-order valence-electron chi connectivity index (χ1n) is 9.63. The van der Waals surface area contributed by atoms with Gasteiger partial charge in [0.15, 0.2) is 6.10 Å². The number of piperidine rings is 1. The van der Waals surface area contributed by atoms with Gasteiger partial charge in [0.1, 0.15) is 12.6 Å². The molecule has 0 spiro atoms. The number of carbonyl (C=O) groups is 3. The number of amides is 3. The first-order chi connectivity index (χ1) is 13.7. The lowest BCUT2D eigenvalue weighted by Crippen LogP contribution is -2.52. The fourth-order valence-electron chi connectivity index (χ4n) is 3.57. The van der Waals surface area contributed by atoms with E-state index < -0.39 is 29.4 Å². The third kappa shape index (κ3) is 4.68. The third-order valence-electron chi connectivity index (χ3n) is 5.13. The van der Waals surface area contributed by atoms with Crippen LogP contribution < -0.4 is 5.48 Å². The summed E-state index contributed by atoms with van der Waals surface area (Å²) in [7, 11) is 0. The molecule has 2 N–H and O–H groups in total. The SMILES string of the molecule is CC(C)(C)C(ONC(=O)[C@@H]1CC[C@@H]2CN1C(=O)N2OCc1ccccc1)C(=O)O. The minimum Gasteiger partial charge on any atom is -0.479 e. The molecule has 2 heterocycles. The molecular weight excluding hydrogens is 378 g/mol. The van der Waals surface area contributed by atoms with E-state index in [1.807, 2.05) is 30.3 Å². The zero-order valence-electron chi connectivity index (χ0n) is 16.8. The Kier molecular flexibility index (Phi) is 6.09. The summed E-state index contributed by atoms with van der Waals surface area (Å²) in [5.41, 5.74) is 2.48. The van der Waals surface area contributed by atoms with Crippen LogP contribution in [0, 0.1) is 5.41 Å². The van der Waals surface area contributed by atoms with Gasteiger partial charge < -0.3 is 10.0 Å². The molecule has 3 amide bonds. The van der Waals surface area contributed by atoms with Crippen molar-refractivity contribution in [3.63, 3.8) is 0 Å². The summed E-state index contributed by atoms with van der Waals surface area (Å²) in [6.07, 6.45) is -0.149. The molecule has 9 nitrogen and oxygen atoms in total. The summed E-state index contributed by atoms with van der Waals surface area (Å²) < 4.78 is 0. The number of hydrogen-bond acceptors (Lipinski definition) is 5. The second kappa shape index (κ2) is 8.38. The number of nitrogens with zero attached hydrogens (tertiary/aromatic N) is 2. The van der Waals surface area contributed by atoms with Gasteiger partial charge in [-0.05, 0) is 18.4 Å². The molecule has 9 heteroatoms. The van der Waals surface area contributed by atoms with Crippen LogP contribution in [0.3, 0.4) is 0 Å². The lowest BCUT2D eigenvalue weighted by molar-refractivity contribution is -0.172. The molecule has 2 saturated heterocycles. The number of benzene rings is 1. The van der Waals surface area contributed by atoms with Crippen molar-refractivity contribution in [1.29, 1.82) is 0 Å². The van der Waals surface area contributed by atoms with Crippen LogP contribution in [0.15, 0.2) is 30.3 Å². The number of hydrogen-bond donors (Lipinski definition) is 2. The van der Waals surface area contributed by atoms with Crippen LogP contribution in [0.1, 0.15) is 39.2 Å². The molecule has 0 aromatic heterocycles. The van der Waals surface area contributed by atoms with E-state index in [1.54, 1.807) is 20.8 Å². The van der Waals surface area contributed by atoms with Gasteiger partial charge in [-0.15, -0.1) is 0 Å². The van der Waals surface area contributed by atoms with Crippen molar-refractivity contribution in [3.8, 4) is 0 Å². The molecule has 1 unspecified atom stereocenters. The highest BCUT2D eigenvalue weighted by molar-refractivity contribution is 5.88. The molecule has 29 heavy (non-hydrogen) atoms. The lowest BCUT2D eigenvalue weighted by Gasteiger charge is -2.31. The van der Waals surface area contributed by atoms with Crippen LogP contribution in [-0.4, -0.2) is 57.7 Å². The van der Waals surface area contributed by atoms with Crippen molar-refractivity contribution in [1.82, 2.24) is 15.4 Å². The van der Waals surface area contributed by atoms with Crippen LogP contribution in [0.25, 0.3) is 0 Å². The maximum Gasteiger partial charge on any atom is 0.345 e. The van der Waals surface area contributed by atoms with E-state index >= 15 is 0 Å². The Hall–Kier alpha value is -2.65. The molecule has 1 aromatic rings. The zero-order chi connectivity index (χ0) is 21.2. The number of fused-ring (bicyclic) bond motifs is 2. The topological polar surface area (TPSA) is 108 Å². The average molecular weight is 405 g/mol. The zero-order valence-corrected chi connectivity index (χ0v) is 16.8. The first kappa shape index (κ1) is 21.1. The van der Waals surface area contributed by atoms with Crippen molar-refractivity contribution in [2.75, 3.05) is 6.54 Å². The van der Waals surface area contributed by atoms with Gasteiger partial charge in [0.05, 0.1) is 6.04 Å². The van der Waals surface area contributed by atoms with E-state index in [0.717, 1.165) is 5.56 Å². The van der Waals surface area contributed by atoms with Crippen molar-refractivity contribution in [2.24, 2.45) is 5.41 Å².